The molecule has 3 N–H and O–H groups in total. The van der Waals surface area contributed by atoms with Gasteiger partial charge in [-0.05, 0) is 19.4 Å². The van der Waals surface area contributed by atoms with Gasteiger partial charge in [-0.3, -0.25) is 0 Å². The summed E-state index contributed by atoms with van der Waals surface area (Å²) in [6, 6.07) is 1.76. The van der Waals surface area contributed by atoms with Crippen molar-refractivity contribution in [2.24, 2.45) is 5.73 Å². The topological polar surface area (TPSA) is 59.4 Å². The van der Waals surface area contributed by atoms with Crippen LogP contribution >= 0.6 is 0 Å². The van der Waals surface area contributed by atoms with E-state index in [0.29, 0.717) is 6.42 Å². The average Bonchev–Trinajstić information content (AvgIpc) is 2.35. The second-order valence-corrected chi connectivity index (χ2v) is 2.79. The fourth-order valence-electron chi connectivity index (χ4n) is 0.953. The normalized spacial score (nSPS) is 16.3. The minimum atomic E-state index is -0.492. The maximum Gasteiger partial charge on any atom is 0.0960 e. The molecule has 0 amide bonds. The predicted molar refractivity (Wildman–Crippen MR) is 41.9 cm³/mol. The Morgan fingerprint density at radius 3 is 2.91 bits per heavy atom. The molecule has 62 valence electrons. The van der Waals surface area contributed by atoms with Gasteiger partial charge >= 0.3 is 0 Å². The molecule has 1 heterocycles. The Morgan fingerprint density at radius 2 is 2.45 bits per heavy atom. The van der Waals surface area contributed by atoms with Crippen molar-refractivity contribution in [3.05, 3.63) is 24.2 Å². The Balaban J connectivity index is 2.49. The molecular formula is C8H13NO2. The number of rotatable bonds is 3. The summed E-state index contributed by atoms with van der Waals surface area (Å²) in [5, 5.41) is 9.44. The second-order valence-electron chi connectivity index (χ2n) is 2.79. The zero-order chi connectivity index (χ0) is 8.27. The monoisotopic (exact) mass is 155 g/mol. The van der Waals surface area contributed by atoms with Crippen molar-refractivity contribution in [3.63, 3.8) is 0 Å². The lowest BCUT2D eigenvalue weighted by Crippen LogP contribution is -2.18. The first-order valence-electron chi connectivity index (χ1n) is 3.66. The first kappa shape index (κ1) is 8.30. The van der Waals surface area contributed by atoms with Crippen molar-refractivity contribution in [2.75, 3.05) is 0 Å². The zero-order valence-corrected chi connectivity index (χ0v) is 6.53. The van der Waals surface area contributed by atoms with Crippen LogP contribution in [0.15, 0.2) is 23.0 Å². The van der Waals surface area contributed by atoms with Crippen molar-refractivity contribution in [2.45, 2.75) is 25.5 Å². The molecule has 2 unspecified atom stereocenters. The molecule has 0 aliphatic rings. The summed E-state index contributed by atoms with van der Waals surface area (Å²) < 4.78 is 4.82. The summed E-state index contributed by atoms with van der Waals surface area (Å²) in [7, 11) is 0. The molecule has 11 heavy (non-hydrogen) atoms. The molecular weight excluding hydrogens is 142 g/mol. The fraction of sp³-hybridized carbons (Fsp3) is 0.500. The number of hydrogen-bond acceptors (Lipinski definition) is 3. The van der Waals surface area contributed by atoms with Crippen LogP contribution in [0.4, 0.5) is 0 Å². The van der Waals surface area contributed by atoms with E-state index in [2.05, 4.69) is 0 Å². The van der Waals surface area contributed by atoms with Gasteiger partial charge in [-0.15, -0.1) is 0 Å². The Hall–Kier alpha value is -0.800. The molecule has 0 aromatic carbocycles. The molecule has 0 spiro atoms. The summed E-state index contributed by atoms with van der Waals surface area (Å²) >= 11 is 0. The Kier molecular flexibility index (Phi) is 2.68. The second kappa shape index (κ2) is 3.55. The van der Waals surface area contributed by atoms with E-state index in [1.165, 1.54) is 6.26 Å². The van der Waals surface area contributed by atoms with Crippen molar-refractivity contribution < 1.29 is 9.52 Å². The van der Waals surface area contributed by atoms with Gasteiger partial charge < -0.3 is 15.3 Å². The van der Waals surface area contributed by atoms with Gasteiger partial charge in [-0.1, -0.05) is 0 Å². The van der Waals surface area contributed by atoms with Crippen molar-refractivity contribution in [1.29, 1.82) is 0 Å². The molecule has 0 bridgehead atoms. The average molecular weight is 155 g/mol. The van der Waals surface area contributed by atoms with E-state index < -0.39 is 6.10 Å². The molecule has 1 aromatic heterocycles. The van der Waals surface area contributed by atoms with Crippen LogP contribution in [-0.4, -0.2) is 11.1 Å². The van der Waals surface area contributed by atoms with Gasteiger partial charge in [0, 0.05) is 11.6 Å². The van der Waals surface area contributed by atoms with Crippen molar-refractivity contribution >= 4 is 0 Å². The van der Waals surface area contributed by atoms with E-state index in [-0.39, 0.29) is 6.04 Å². The van der Waals surface area contributed by atoms with Gasteiger partial charge in [0.25, 0.3) is 0 Å². The summed E-state index contributed by atoms with van der Waals surface area (Å²) in [5.74, 6) is 0. The number of aliphatic hydroxyl groups excluding tert-OH is 1. The SMILES string of the molecule is CC(N)CC(O)c1ccoc1. The molecule has 0 radical (unpaired) electrons. The summed E-state index contributed by atoms with van der Waals surface area (Å²) in [6.07, 6.45) is 3.15. The van der Waals surface area contributed by atoms with Crippen LogP contribution in [-0.2, 0) is 0 Å². The van der Waals surface area contributed by atoms with E-state index in [1.807, 2.05) is 6.92 Å². The smallest absolute Gasteiger partial charge is 0.0960 e. The van der Waals surface area contributed by atoms with E-state index >= 15 is 0 Å². The molecule has 2 atom stereocenters. The van der Waals surface area contributed by atoms with Crippen molar-refractivity contribution in [1.82, 2.24) is 0 Å². The van der Waals surface area contributed by atoms with E-state index in [0.717, 1.165) is 5.56 Å². The van der Waals surface area contributed by atoms with Crippen LogP contribution in [0.2, 0.25) is 0 Å². The third-order valence-electron chi connectivity index (χ3n) is 1.52. The highest BCUT2D eigenvalue weighted by atomic mass is 16.3. The molecule has 0 fully saturated rings. The lowest BCUT2D eigenvalue weighted by Gasteiger charge is -2.09. The van der Waals surface area contributed by atoms with E-state index in [4.69, 9.17) is 10.2 Å². The minimum absolute atomic E-state index is 0.0138. The molecule has 0 saturated carbocycles. The fourth-order valence-corrected chi connectivity index (χ4v) is 0.953. The van der Waals surface area contributed by atoms with Gasteiger partial charge in [-0.25, -0.2) is 0 Å². The molecule has 3 nitrogen and oxygen atoms in total. The van der Waals surface area contributed by atoms with Crippen LogP contribution < -0.4 is 5.73 Å². The highest BCUT2D eigenvalue weighted by molar-refractivity contribution is 5.09. The highest BCUT2D eigenvalue weighted by Gasteiger charge is 2.09. The van der Waals surface area contributed by atoms with Crippen LogP contribution in [0.1, 0.15) is 25.0 Å². The molecule has 1 rings (SSSR count). The molecule has 3 heteroatoms. The van der Waals surface area contributed by atoms with Crippen LogP contribution in [0.3, 0.4) is 0 Å². The Labute approximate surface area is 65.8 Å². The first-order chi connectivity index (χ1) is 5.20. The number of nitrogens with two attached hydrogens (primary N) is 1. The lowest BCUT2D eigenvalue weighted by molar-refractivity contribution is 0.159. The van der Waals surface area contributed by atoms with Gasteiger partial charge in [0.1, 0.15) is 0 Å². The van der Waals surface area contributed by atoms with Crippen molar-refractivity contribution in [3.8, 4) is 0 Å². The Bertz CT molecular complexity index is 194. The molecule has 0 aliphatic heterocycles. The van der Waals surface area contributed by atoms with Crippen LogP contribution in [0, 0.1) is 0 Å². The maximum atomic E-state index is 9.44. The number of aliphatic hydroxyl groups is 1. The quantitative estimate of drug-likeness (QED) is 0.685. The van der Waals surface area contributed by atoms with Gasteiger partial charge in [0.2, 0.25) is 0 Å². The maximum absolute atomic E-state index is 9.44. The first-order valence-corrected chi connectivity index (χ1v) is 3.66. The standard InChI is InChI=1S/C8H13NO2/c1-6(9)4-8(10)7-2-3-11-5-7/h2-3,5-6,8,10H,4,9H2,1H3. The third-order valence-corrected chi connectivity index (χ3v) is 1.52. The highest BCUT2D eigenvalue weighted by Crippen LogP contribution is 2.17. The van der Waals surface area contributed by atoms with Gasteiger partial charge in [0.15, 0.2) is 0 Å². The Morgan fingerprint density at radius 1 is 1.73 bits per heavy atom. The lowest BCUT2D eigenvalue weighted by atomic mass is 10.1. The molecule has 1 aromatic rings. The molecule has 0 aliphatic carbocycles. The summed E-state index contributed by atoms with van der Waals surface area (Å²) in [5.41, 5.74) is 6.30. The number of hydrogen-bond donors (Lipinski definition) is 2. The van der Waals surface area contributed by atoms with Crippen LogP contribution in [0.25, 0.3) is 0 Å². The van der Waals surface area contributed by atoms with Crippen LogP contribution in [0.5, 0.6) is 0 Å². The minimum Gasteiger partial charge on any atom is -0.472 e. The zero-order valence-electron chi connectivity index (χ0n) is 6.53. The van der Waals surface area contributed by atoms with Gasteiger partial charge in [-0.2, -0.15) is 0 Å². The molecule has 0 saturated heterocycles. The van der Waals surface area contributed by atoms with E-state index in [9.17, 15) is 5.11 Å². The predicted octanol–water partition coefficient (Wildman–Crippen LogP) is 1.05. The van der Waals surface area contributed by atoms with Gasteiger partial charge in [0.05, 0.1) is 18.6 Å². The third kappa shape index (κ3) is 2.37. The van der Waals surface area contributed by atoms with E-state index in [1.54, 1.807) is 12.3 Å². The summed E-state index contributed by atoms with van der Waals surface area (Å²) in [4.78, 5) is 0. The number of furan rings is 1. The summed E-state index contributed by atoms with van der Waals surface area (Å²) in [6.45, 7) is 1.86. The largest absolute Gasteiger partial charge is 0.472 e.